The van der Waals surface area contributed by atoms with Gasteiger partial charge in [0, 0.05) is 17.1 Å². The summed E-state index contributed by atoms with van der Waals surface area (Å²) in [5.74, 6) is 1.04. The van der Waals surface area contributed by atoms with Crippen LogP contribution in [0, 0.1) is 11.3 Å². The highest BCUT2D eigenvalue weighted by Gasteiger charge is 2.08. The predicted octanol–water partition coefficient (Wildman–Crippen LogP) is 3.71. The Morgan fingerprint density at radius 1 is 1.10 bits per heavy atom. The monoisotopic (exact) mass is 274 g/mol. The molecule has 4 nitrogen and oxygen atoms in total. The van der Waals surface area contributed by atoms with Crippen molar-refractivity contribution in [3.63, 3.8) is 0 Å². The van der Waals surface area contributed by atoms with Gasteiger partial charge in [0.15, 0.2) is 0 Å². The van der Waals surface area contributed by atoms with Crippen molar-refractivity contribution in [3.8, 4) is 17.6 Å². The van der Waals surface area contributed by atoms with Gasteiger partial charge in [0.05, 0.1) is 11.1 Å². The Morgan fingerprint density at radius 3 is 2.81 bits per heavy atom. The summed E-state index contributed by atoms with van der Waals surface area (Å²) in [6, 6.07) is 16.1. The molecule has 0 bridgehead atoms. The van der Waals surface area contributed by atoms with E-state index < -0.39 is 0 Å². The lowest BCUT2D eigenvalue weighted by Crippen LogP contribution is -1.91. The van der Waals surface area contributed by atoms with Crippen LogP contribution in [-0.2, 0) is 0 Å². The molecule has 0 aliphatic carbocycles. The standard InChI is InChI=1S/C17H10N2O2/c18-10-13-9-12(11-20)6-7-16(13)21-17-5-1-4-15-14(17)3-2-8-19-15/h1-9,11H. The van der Waals surface area contributed by atoms with Crippen molar-refractivity contribution in [1.82, 2.24) is 4.98 Å². The van der Waals surface area contributed by atoms with Gasteiger partial charge in [-0.2, -0.15) is 5.26 Å². The van der Waals surface area contributed by atoms with E-state index in [4.69, 9.17) is 4.74 Å². The first kappa shape index (κ1) is 12.8. The van der Waals surface area contributed by atoms with Crippen molar-refractivity contribution in [2.75, 3.05) is 0 Å². The van der Waals surface area contributed by atoms with Gasteiger partial charge in [0.2, 0.25) is 0 Å². The molecule has 1 aromatic heterocycles. The number of hydrogen-bond acceptors (Lipinski definition) is 4. The van der Waals surface area contributed by atoms with Crippen molar-refractivity contribution in [2.24, 2.45) is 0 Å². The van der Waals surface area contributed by atoms with E-state index in [9.17, 15) is 10.1 Å². The maximum atomic E-state index is 10.8. The molecule has 0 aliphatic heterocycles. The zero-order chi connectivity index (χ0) is 14.7. The SMILES string of the molecule is N#Cc1cc(C=O)ccc1Oc1cccc2ncccc12. The van der Waals surface area contributed by atoms with Gasteiger partial charge in [-0.1, -0.05) is 6.07 Å². The third-order valence-corrected chi connectivity index (χ3v) is 3.09. The molecule has 0 unspecified atom stereocenters. The second-order valence-corrected chi connectivity index (χ2v) is 4.41. The molecule has 4 heteroatoms. The maximum Gasteiger partial charge on any atom is 0.150 e. The second-order valence-electron chi connectivity index (χ2n) is 4.41. The summed E-state index contributed by atoms with van der Waals surface area (Å²) in [5.41, 5.74) is 1.58. The summed E-state index contributed by atoms with van der Waals surface area (Å²) in [5, 5.41) is 10.0. The van der Waals surface area contributed by atoms with Crippen molar-refractivity contribution in [3.05, 3.63) is 65.9 Å². The van der Waals surface area contributed by atoms with Crippen LogP contribution >= 0.6 is 0 Å². The summed E-state index contributed by atoms with van der Waals surface area (Å²) in [6.45, 7) is 0. The Hall–Kier alpha value is -3.19. The first-order valence-corrected chi connectivity index (χ1v) is 6.33. The fourth-order valence-corrected chi connectivity index (χ4v) is 2.08. The molecule has 0 aliphatic rings. The van der Waals surface area contributed by atoms with E-state index in [0.717, 1.165) is 10.9 Å². The smallest absolute Gasteiger partial charge is 0.150 e. The van der Waals surface area contributed by atoms with Crippen LogP contribution in [0.3, 0.4) is 0 Å². The van der Waals surface area contributed by atoms with Crippen LogP contribution in [0.2, 0.25) is 0 Å². The molecule has 0 fully saturated rings. The Kier molecular flexibility index (Phi) is 3.32. The molecule has 0 spiro atoms. The number of ether oxygens (including phenoxy) is 1. The molecule has 2 aromatic carbocycles. The Morgan fingerprint density at radius 2 is 2.00 bits per heavy atom. The minimum atomic E-state index is 0.320. The molecule has 21 heavy (non-hydrogen) atoms. The molecule has 0 radical (unpaired) electrons. The zero-order valence-corrected chi connectivity index (χ0v) is 11.0. The van der Waals surface area contributed by atoms with Gasteiger partial charge in [0.25, 0.3) is 0 Å². The minimum Gasteiger partial charge on any atom is -0.455 e. The van der Waals surface area contributed by atoms with Gasteiger partial charge in [-0.05, 0) is 42.5 Å². The molecule has 3 aromatic rings. The van der Waals surface area contributed by atoms with E-state index in [-0.39, 0.29) is 0 Å². The van der Waals surface area contributed by atoms with Crippen molar-refractivity contribution >= 4 is 17.2 Å². The van der Waals surface area contributed by atoms with Gasteiger partial charge >= 0.3 is 0 Å². The zero-order valence-electron chi connectivity index (χ0n) is 11.0. The largest absolute Gasteiger partial charge is 0.455 e. The van der Waals surface area contributed by atoms with Gasteiger partial charge < -0.3 is 4.74 Å². The van der Waals surface area contributed by atoms with Crippen LogP contribution in [0.4, 0.5) is 0 Å². The molecular weight excluding hydrogens is 264 g/mol. The molecule has 3 rings (SSSR count). The van der Waals surface area contributed by atoms with E-state index in [1.807, 2.05) is 36.4 Å². The lowest BCUT2D eigenvalue weighted by atomic mass is 10.1. The number of aromatic nitrogens is 1. The molecule has 100 valence electrons. The van der Waals surface area contributed by atoms with Crippen molar-refractivity contribution in [2.45, 2.75) is 0 Å². The molecule has 0 saturated carbocycles. The first-order valence-electron chi connectivity index (χ1n) is 6.33. The Balaban J connectivity index is 2.07. The highest BCUT2D eigenvalue weighted by Crippen LogP contribution is 2.30. The topological polar surface area (TPSA) is 63.0 Å². The highest BCUT2D eigenvalue weighted by molar-refractivity contribution is 5.85. The third-order valence-electron chi connectivity index (χ3n) is 3.09. The average Bonchev–Trinajstić information content (AvgIpc) is 2.55. The van der Waals surface area contributed by atoms with E-state index in [2.05, 4.69) is 4.98 Å². The maximum absolute atomic E-state index is 10.8. The fraction of sp³-hybridized carbons (Fsp3) is 0. The summed E-state index contributed by atoms with van der Waals surface area (Å²) in [4.78, 5) is 15.0. The van der Waals surface area contributed by atoms with Gasteiger partial charge in [-0.25, -0.2) is 0 Å². The molecule has 1 heterocycles. The van der Waals surface area contributed by atoms with Gasteiger partial charge in [-0.3, -0.25) is 9.78 Å². The van der Waals surface area contributed by atoms with Crippen molar-refractivity contribution < 1.29 is 9.53 Å². The lowest BCUT2D eigenvalue weighted by Gasteiger charge is -2.10. The second kappa shape index (κ2) is 5.43. The number of aldehydes is 1. The van der Waals surface area contributed by atoms with E-state index in [0.29, 0.717) is 28.9 Å². The average molecular weight is 274 g/mol. The first-order chi connectivity index (χ1) is 10.3. The summed E-state index contributed by atoms with van der Waals surface area (Å²) >= 11 is 0. The quantitative estimate of drug-likeness (QED) is 0.683. The molecular formula is C17H10N2O2. The van der Waals surface area contributed by atoms with E-state index in [1.54, 1.807) is 18.3 Å². The van der Waals surface area contributed by atoms with Crippen LogP contribution in [0.25, 0.3) is 10.9 Å². The number of rotatable bonds is 3. The lowest BCUT2D eigenvalue weighted by molar-refractivity contribution is 0.112. The van der Waals surface area contributed by atoms with E-state index >= 15 is 0 Å². The Labute approximate surface area is 121 Å². The minimum absolute atomic E-state index is 0.320. The number of pyridine rings is 1. The molecule has 0 saturated heterocycles. The number of carbonyl (C=O) groups excluding carboxylic acids is 1. The summed E-state index contributed by atoms with van der Waals surface area (Å²) in [6.07, 6.45) is 2.41. The van der Waals surface area contributed by atoms with Gasteiger partial charge in [-0.15, -0.1) is 0 Å². The van der Waals surface area contributed by atoms with Crippen LogP contribution in [0.15, 0.2) is 54.7 Å². The predicted molar refractivity (Wildman–Crippen MR) is 78.4 cm³/mol. The molecule has 0 amide bonds. The fourth-order valence-electron chi connectivity index (χ4n) is 2.08. The normalized spacial score (nSPS) is 10.0. The summed E-state index contributed by atoms with van der Waals surface area (Å²) in [7, 11) is 0. The number of nitriles is 1. The van der Waals surface area contributed by atoms with Crippen LogP contribution in [0.1, 0.15) is 15.9 Å². The molecule has 0 atom stereocenters. The van der Waals surface area contributed by atoms with Gasteiger partial charge in [0.1, 0.15) is 23.9 Å². The van der Waals surface area contributed by atoms with Crippen LogP contribution in [0.5, 0.6) is 11.5 Å². The van der Waals surface area contributed by atoms with E-state index in [1.165, 1.54) is 6.07 Å². The number of carbonyl (C=O) groups is 1. The van der Waals surface area contributed by atoms with Crippen molar-refractivity contribution in [1.29, 1.82) is 5.26 Å². The Bertz CT molecular complexity index is 861. The van der Waals surface area contributed by atoms with Crippen LogP contribution < -0.4 is 4.74 Å². The number of fused-ring (bicyclic) bond motifs is 1. The summed E-state index contributed by atoms with van der Waals surface area (Å²) < 4.78 is 5.83. The number of hydrogen-bond donors (Lipinski definition) is 0. The number of benzene rings is 2. The highest BCUT2D eigenvalue weighted by atomic mass is 16.5. The number of nitrogens with zero attached hydrogens (tertiary/aromatic N) is 2. The third kappa shape index (κ3) is 2.45. The van der Waals surface area contributed by atoms with Crippen LogP contribution in [-0.4, -0.2) is 11.3 Å². The molecule has 0 N–H and O–H groups in total.